The van der Waals surface area contributed by atoms with Gasteiger partial charge >= 0.3 is 5.97 Å². The summed E-state index contributed by atoms with van der Waals surface area (Å²) in [4.78, 5) is 35.9. The highest BCUT2D eigenvalue weighted by Gasteiger charge is 2.21. The van der Waals surface area contributed by atoms with E-state index >= 15 is 0 Å². The summed E-state index contributed by atoms with van der Waals surface area (Å²) in [5, 5.41) is 15.6. The molecular weight excluding hydrogens is 420 g/mol. The first-order chi connectivity index (χ1) is 14.9. The lowest BCUT2D eigenvalue weighted by Crippen LogP contribution is -2.30. The molecule has 0 aliphatic carbocycles. The molecule has 8 nitrogen and oxygen atoms in total. The Balaban J connectivity index is 1.57. The van der Waals surface area contributed by atoms with Crippen molar-refractivity contribution in [3.05, 3.63) is 70.8 Å². The van der Waals surface area contributed by atoms with Crippen LogP contribution in [0.1, 0.15) is 6.92 Å². The minimum absolute atomic E-state index is 0.0378. The lowest BCUT2D eigenvalue weighted by molar-refractivity contribution is -0.384. The number of fused-ring (bicyclic) bond motifs is 1. The minimum atomic E-state index is -1.09. The number of nitrogens with one attached hydrogen (secondary N) is 1. The molecule has 1 amide bonds. The van der Waals surface area contributed by atoms with Crippen molar-refractivity contribution in [1.29, 1.82) is 0 Å². The van der Waals surface area contributed by atoms with Gasteiger partial charge in [-0.1, -0.05) is 30.3 Å². The Morgan fingerprint density at radius 3 is 2.55 bits per heavy atom. The summed E-state index contributed by atoms with van der Waals surface area (Å²) < 4.78 is 10.3. The van der Waals surface area contributed by atoms with Gasteiger partial charge in [-0.05, 0) is 35.9 Å². The van der Waals surface area contributed by atoms with Crippen LogP contribution in [0.25, 0.3) is 10.8 Å². The van der Waals surface area contributed by atoms with Crippen molar-refractivity contribution in [2.24, 2.45) is 0 Å². The number of ether oxygens (including phenoxy) is 2. The van der Waals surface area contributed by atoms with Crippen molar-refractivity contribution in [1.82, 2.24) is 0 Å². The number of rotatable bonds is 8. The standard InChI is InChI=1S/C22H20N2O6S/c1-14(22(26)23-19-12-17(24(27)28)8-10-20(19)29-2)30-21(25)13-31-18-9-7-15-5-3-4-6-16(15)11-18/h3-12,14H,13H2,1-2H3,(H,23,26)/t14-/m1/s1. The maximum absolute atomic E-state index is 12.4. The van der Waals surface area contributed by atoms with E-state index < -0.39 is 22.9 Å². The third-order valence-corrected chi connectivity index (χ3v) is 5.37. The molecular formula is C22H20N2O6S. The van der Waals surface area contributed by atoms with Crippen LogP contribution in [0.4, 0.5) is 11.4 Å². The van der Waals surface area contributed by atoms with Crippen molar-refractivity contribution < 1.29 is 24.0 Å². The molecule has 3 aromatic rings. The molecule has 0 bridgehead atoms. The van der Waals surface area contributed by atoms with E-state index in [2.05, 4.69) is 5.32 Å². The number of amides is 1. The Bertz CT molecular complexity index is 1130. The fourth-order valence-corrected chi connectivity index (χ4v) is 3.55. The van der Waals surface area contributed by atoms with Gasteiger partial charge in [-0.25, -0.2) is 0 Å². The monoisotopic (exact) mass is 440 g/mol. The number of benzene rings is 3. The van der Waals surface area contributed by atoms with Gasteiger partial charge < -0.3 is 14.8 Å². The smallest absolute Gasteiger partial charge is 0.317 e. The number of carbonyl (C=O) groups is 2. The number of thioether (sulfide) groups is 1. The number of anilines is 1. The zero-order valence-electron chi connectivity index (χ0n) is 16.9. The van der Waals surface area contributed by atoms with Crippen molar-refractivity contribution in [3.63, 3.8) is 0 Å². The molecule has 0 aliphatic heterocycles. The Labute approximate surface area is 182 Å². The molecule has 0 aliphatic rings. The molecule has 0 saturated heterocycles. The Morgan fingerprint density at radius 2 is 1.84 bits per heavy atom. The van der Waals surface area contributed by atoms with Crippen LogP contribution in [-0.4, -0.2) is 35.8 Å². The summed E-state index contributed by atoms with van der Waals surface area (Å²) in [6.07, 6.45) is -1.09. The number of non-ortho nitro benzene ring substituents is 1. The van der Waals surface area contributed by atoms with E-state index in [4.69, 9.17) is 9.47 Å². The summed E-state index contributed by atoms with van der Waals surface area (Å²) in [5.74, 6) is -0.880. The van der Waals surface area contributed by atoms with Crippen LogP contribution in [0, 0.1) is 10.1 Å². The number of hydrogen-bond acceptors (Lipinski definition) is 7. The third-order valence-electron chi connectivity index (χ3n) is 4.41. The van der Waals surface area contributed by atoms with Crippen molar-refractivity contribution >= 4 is 45.8 Å². The molecule has 0 aromatic heterocycles. The van der Waals surface area contributed by atoms with Gasteiger partial charge in [0.1, 0.15) is 5.75 Å². The van der Waals surface area contributed by atoms with E-state index in [-0.39, 0.29) is 22.9 Å². The number of esters is 1. The van der Waals surface area contributed by atoms with Crippen LogP contribution in [0.3, 0.4) is 0 Å². The van der Waals surface area contributed by atoms with Gasteiger partial charge in [0.05, 0.1) is 23.5 Å². The second-order valence-electron chi connectivity index (χ2n) is 6.56. The van der Waals surface area contributed by atoms with Crippen LogP contribution >= 0.6 is 11.8 Å². The lowest BCUT2D eigenvalue weighted by atomic mass is 10.1. The van der Waals surface area contributed by atoms with E-state index in [0.717, 1.165) is 15.7 Å². The molecule has 31 heavy (non-hydrogen) atoms. The van der Waals surface area contributed by atoms with Gasteiger partial charge in [-0.3, -0.25) is 19.7 Å². The Hall–Kier alpha value is -3.59. The maximum atomic E-state index is 12.4. The highest BCUT2D eigenvalue weighted by Crippen LogP contribution is 2.29. The predicted molar refractivity (Wildman–Crippen MR) is 119 cm³/mol. The molecule has 0 unspecified atom stereocenters. The first-order valence-corrected chi connectivity index (χ1v) is 10.3. The maximum Gasteiger partial charge on any atom is 0.317 e. The molecule has 3 aromatic carbocycles. The van der Waals surface area contributed by atoms with Crippen LogP contribution < -0.4 is 10.1 Å². The largest absolute Gasteiger partial charge is 0.495 e. The SMILES string of the molecule is COc1ccc([N+](=O)[O-])cc1NC(=O)[C@@H](C)OC(=O)CSc1ccc2ccccc2c1. The molecule has 1 atom stereocenters. The normalized spacial score (nSPS) is 11.5. The van der Waals surface area contributed by atoms with E-state index in [1.54, 1.807) is 0 Å². The highest BCUT2D eigenvalue weighted by atomic mass is 32.2. The molecule has 0 spiro atoms. The Morgan fingerprint density at radius 1 is 1.10 bits per heavy atom. The van der Waals surface area contributed by atoms with E-state index in [0.29, 0.717) is 0 Å². The number of nitro groups is 1. The molecule has 1 N–H and O–H groups in total. The number of hydrogen-bond donors (Lipinski definition) is 1. The van der Waals surface area contributed by atoms with Crippen LogP contribution in [0.2, 0.25) is 0 Å². The highest BCUT2D eigenvalue weighted by molar-refractivity contribution is 8.00. The second kappa shape index (κ2) is 9.94. The van der Waals surface area contributed by atoms with Gasteiger partial charge in [0.15, 0.2) is 6.10 Å². The molecule has 160 valence electrons. The van der Waals surface area contributed by atoms with Crippen molar-refractivity contribution in [2.75, 3.05) is 18.2 Å². The third kappa shape index (κ3) is 5.73. The predicted octanol–water partition coefficient (Wildman–Crippen LogP) is 4.42. The molecule has 0 fully saturated rings. The summed E-state index contributed by atoms with van der Waals surface area (Å²) in [6, 6.07) is 17.6. The molecule has 0 radical (unpaired) electrons. The van der Waals surface area contributed by atoms with Gasteiger partial charge in [0.25, 0.3) is 11.6 Å². The fraction of sp³-hybridized carbons (Fsp3) is 0.182. The van der Waals surface area contributed by atoms with Gasteiger partial charge in [0.2, 0.25) is 0 Å². The summed E-state index contributed by atoms with van der Waals surface area (Å²) in [7, 11) is 1.38. The van der Waals surface area contributed by atoms with Crippen LogP contribution in [-0.2, 0) is 14.3 Å². The molecule has 0 saturated carbocycles. The number of carbonyl (C=O) groups excluding carboxylic acids is 2. The van der Waals surface area contributed by atoms with Crippen molar-refractivity contribution in [2.45, 2.75) is 17.9 Å². The van der Waals surface area contributed by atoms with Gasteiger partial charge in [-0.15, -0.1) is 11.8 Å². The lowest BCUT2D eigenvalue weighted by Gasteiger charge is -2.15. The van der Waals surface area contributed by atoms with E-state index in [9.17, 15) is 19.7 Å². The topological polar surface area (TPSA) is 108 Å². The number of nitro benzene ring substituents is 1. The van der Waals surface area contributed by atoms with Crippen LogP contribution in [0.5, 0.6) is 5.75 Å². The molecule has 0 heterocycles. The fourth-order valence-electron chi connectivity index (χ4n) is 2.83. The minimum Gasteiger partial charge on any atom is -0.495 e. The van der Waals surface area contributed by atoms with Crippen molar-refractivity contribution in [3.8, 4) is 5.75 Å². The van der Waals surface area contributed by atoms with E-state index in [1.165, 1.54) is 44.0 Å². The number of methoxy groups -OCH3 is 1. The second-order valence-corrected chi connectivity index (χ2v) is 7.61. The molecule has 3 rings (SSSR count). The Kier molecular flexibility index (Phi) is 7.09. The summed E-state index contributed by atoms with van der Waals surface area (Å²) in [5.41, 5.74) is -0.0809. The first kappa shape index (κ1) is 22.1. The quantitative estimate of drug-likeness (QED) is 0.239. The molecule has 9 heteroatoms. The van der Waals surface area contributed by atoms with Gasteiger partial charge in [0, 0.05) is 17.0 Å². The summed E-state index contributed by atoms with van der Waals surface area (Å²) in [6.45, 7) is 1.43. The van der Waals surface area contributed by atoms with Gasteiger partial charge in [-0.2, -0.15) is 0 Å². The average Bonchev–Trinajstić information content (AvgIpc) is 2.77. The zero-order valence-corrected chi connectivity index (χ0v) is 17.7. The summed E-state index contributed by atoms with van der Waals surface area (Å²) >= 11 is 1.31. The van der Waals surface area contributed by atoms with Crippen LogP contribution in [0.15, 0.2) is 65.6 Å². The van der Waals surface area contributed by atoms with E-state index in [1.807, 2.05) is 42.5 Å². The zero-order chi connectivity index (χ0) is 22.4. The first-order valence-electron chi connectivity index (χ1n) is 9.31. The average molecular weight is 440 g/mol. The number of nitrogens with zero attached hydrogens (tertiary/aromatic N) is 1.